The van der Waals surface area contributed by atoms with E-state index in [1.54, 1.807) is 6.08 Å². The molecule has 0 aliphatic heterocycles. The summed E-state index contributed by atoms with van der Waals surface area (Å²) in [6, 6.07) is 6.16. The highest BCUT2D eigenvalue weighted by Gasteiger charge is 2.14. The Hall–Kier alpha value is -1.77. The van der Waals surface area contributed by atoms with E-state index >= 15 is 0 Å². The highest BCUT2D eigenvalue weighted by molar-refractivity contribution is 5.84. The average Bonchev–Trinajstić information content (AvgIpc) is 2.83. The van der Waals surface area contributed by atoms with Crippen molar-refractivity contribution in [2.45, 2.75) is 32.2 Å². The molecular weight excluding hydrogens is 224 g/mol. The number of fused-ring (bicyclic) bond motifs is 1. The summed E-state index contributed by atoms with van der Waals surface area (Å²) in [6.45, 7) is 5.96. The average molecular weight is 244 g/mol. The molecule has 1 aliphatic rings. The summed E-state index contributed by atoms with van der Waals surface area (Å²) in [4.78, 5) is 11.7. The largest absolute Gasteiger partial charge is 0.374 e. The second kappa shape index (κ2) is 5.71. The van der Waals surface area contributed by atoms with E-state index < -0.39 is 0 Å². The van der Waals surface area contributed by atoms with Crippen molar-refractivity contribution in [1.82, 2.24) is 5.32 Å². The van der Waals surface area contributed by atoms with E-state index in [2.05, 4.69) is 35.4 Å². The summed E-state index contributed by atoms with van der Waals surface area (Å²) < 4.78 is 0. The van der Waals surface area contributed by atoms with Crippen LogP contribution in [0.1, 0.15) is 24.5 Å². The minimum atomic E-state index is -0.232. The zero-order valence-electron chi connectivity index (χ0n) is 10.8. The van der Waals surface area contributed by atoms with Gasteiger partial charge in [0, 0.05) is 12.2 Å². The fourth-order valence-electron chi connectivity index (χ4n) is 2.30. The SMILES string of the molecule is C=CCNC(=O)C(C)Nc1ccc2c(c1)CCC2. The van der Waals surface area contributed by atoms with Crippen LogP contribution in [0.4, 0.5) is 5.69 Å². The molecule has 3 nitrogen and oxygen atoms in total. The van der Waals surface area contributed by atoms with Crippen molar-refractivity contribution in [3.63, 3.8) is 0 Å². The van der Waals surface area contributed by atoms with Crippen molar-refractivity contribution in [1.29, 1.82) is 0 Å². The zero-order valence-corrected chi connectivity index (χ0v) is 10.8. The van der Waals surface area contributed by atoms with Gasteiger partial charge in [0.15, 0.2) is 0 Å². The van der Waals surface area contributed by atoms with Crippen LogP contribution in [0, 0.1) is 0 Å². The summed E-state index contributed by atoms with van der Waals surface area (Å²) >= 11 is 0. The molecule has 96 valence electrons. The van der Waals surface area contributed by atoms with Gasteiger partial charge in [0.2, 0.25) is 5.91 Å². The van der Waals surface area contributed by atoms with Crippen LogP contribution in [0.3, 0.4) is 0 Å². The van der Waals surface area contributed by atoms with Crippen molar-refractivity contribution >= 4 is 11.6 Å². The number of carbonyl (C=O) groups excluding carboxylic acids is 1. The molecule has 0 spiro atoms. The van der Waals surface area contributed by atoms with Crippen LogP contribution in [0.15, 0.2) is 30.9 Å². The third-order valence-electron chi connectivity index (χ3n) is 3.30. The van der Waals surface area contributed by atoms with Crippen LogP contribution >= 0.6 is 0 Å². The quantitative estimate of drug-likeness (QED) is 0.780. The van der Waals surface area contributed by atoms with E-state index in [0.29, 0.717) is 6.54 Å². The van der Waals surface area contributed by atoms with Gasteiger partial charge in [-0.2, -0.15) is 0 Å². The molecule has 0 aromatic heterocycles. The van der Waals surface area contributed by atoms with Gasteiger partial charge in [-0.3, -0.25) is 4.79 Å². The van der Waals surface area contributed by atoms with Gasteiger partial charge >= 0.3 is 0 Å². The normalized spacial score (nSPS) is 14.7. The number of hydrogen-bond acceptors (Lipinski definition) is 2. The Labute approximate surface area is 108 Å². The number of hydrogen-bond donors (Lipinski definition) is 2. The van der Waals surface area contributed by atoms with Crippen molar-refractivity contribution < 1.29 is 4.79 Å². The lowest BCUT2D eigenvalue weighted by atomic mass is 10.1. The van der Waals surface area contributed by atoms with Crippen molar-refractivity contribution in [3.8, 4) is 0 Å². The zero-order chi connectivity index (χ0) is 13.0. The van der Waals surface area contributed by atoms with Gasteiger partial charge in [0.25, 0.3) is 0 Å². The standard InChI is InChI=1S/C15H20N2O/c1-3-9-16-15(18)11(2)17-14-8-7-12-5-4-6-13(12)10-14/h3,7-8,10-11,17H,1,4-6,9H2,2H3,(H,16,18). The van der Waals surface area contributed by atoms with Crippen molar-refractivity contribution in [2.24, 2.45) is 0 Å². The number of carbonyl (C=O) groups is 1. The van der Waals surface area contributed by atoms with E-state index in [1.807, 2.05) is 6.92 Å². The van der Waals surface area contributed by atoms with Gasteiger partial charge < -0.3 is 10.6 Å². The Kier molecular flexibility index (Phi) is 4.03. The van der Waals surface area contributed by atoms with E-state index in [1.165, 1.54) is 24.0 Å². The monoisotopic (exact) mass is 244 g/mol. The Morgan fingerprint density at radius 1 is 1.44 bits per heavy atom. The van der Waals surface area contributed by atoms with Crippen LogP contribution < -0.4 is 10.6 Å². The molecule has 1 atom stereocenters. The molecule has 2 N–H and O–H groups in total. The lowest BCUT2D eigenvalue weighted by molar-refractivity contribution is -0.121. The fraction of sp³-hybridized carbons (Fsp3) is 0.400. The first-order valence-corrected chi connectivity index (χ1v) is 6.47. The summed E-state index contributed by atoms with van der Waals surface area (Å²) in [5, 5.41) is 6.02. The molecule has 1 aromatic carbocycles. The fourth-order valence-corrected chi connectivity index (χ4v) is 2.30. The van der Waals surface area contributed by atoms with E-state index in [4.69, 9.17) is 0 Å². The van der Waals surface area contributed by atoms with Gasteiger partial charge in [-0.25, -0.2) is 0 Å². The molecule has 3 heteroatoms. The second-order valence-electron chi connectivity index (χ2n) is 4.74. The molecule has 0 saturated carbocycles. The van der Waals surface area contributed by atoms with Gasteiger partial charge in [-0.15, -0.1) is 6.58 Å². The van der Waals surface area contributed by atoms with Crippen LogP contribution in [0.2, 0.25) is 0 Å². The summed E-state index contributed by atoms with van der Waals surface area (Å²) in [5.74, 6) is -0.00426. The number of benzene rings is 1. The Morgan fingerprint density at radius 3 is 3.00 bits per heavy atom. The molecule has 1 unspecified atom stereocenters. The number of anilines is 1. The number of amides is 1. The van der Waals surface area contributed by atoms with Crippen LogP contribution in [0.5, 0.6) is 0 Å². The third-order valence-corrected chi connectivity index (χ3v) is 3.30. The summed E-state index contributed by atoms with van der Waals surface area (Å²) in [7, 11) is 0. The Balaban J connectivity index is 1.96. The topological polar surface area (TPSA) is 41.1 Å². The van der Waals surface area contributed by atoms with Crippen LogP contribution in [0.25, 0.3) is 0 Å². The summed E-state index contributed by atoms with van der Waals surface area (Å²) in [5.41, 5.74) is 3.89. The highest BCUT2D eigenvalue weighted by atomic mass is 16.2. The molecule has 0 bridgehead atoms. The van der Waals surface area contributed by atoms with Crippen molar-refractivity contribution in [2.75, 3.05) is 11.9 Å². The molecular formula is C15H20N2O. The predicted octanol–water partition coefficient (Wildman–Crippen LogP) is 2.28. The first-order valence-electron chi connectivity index (χ1n) is 6.47. The smallest absolute Gasteiger partial charge is 0.242 e. The van der Waals surface area contributed by atoms with E-state index in [-0.39, 0.29) is 11.9 Å². The minimum absolute atomic E-state index is 0.00426. The summed E-state index contributed by atoms with van der Waals surface area (Å²) in [6.07, 6.45) is 5.26. The molecule has 0 fully saturated rings. The first-order chi connectivity index (χ1) is 8.70. The lowest BCUT2D eigenvalue weighted by Gasteiger charge is -2.15. The van der Waals surface area contributed by atoms with Gasteiger partial charge in [0.1, 0.15) is 6.04 Å². The van der Waals surface area contributed by atoms with E-state index in [9.17, 15) is 4.79 Å². The molecule has 0 heterocycles. The molecule has 1 aliphatic carbocycles. The molecule has 0 saturated heterocycles. The molecule has 2 rings (SSSR count). The molecule has 18 heavy (non-hydrogen) atoms. The van der Waals surface area contributed by atoms with Gasteiger partial charge in [-0.1, -0.05) is 12.1 Å². The maximum absolute atomic E-state index is 11.7. The van der Waals surface area contributed by atoms with Crippen LogP contribution in [-0.2, 0) is 17.6 Å². The first kappa shape index (κ1) is 12.7. The number of rotatable bonds is 5. The van der Waals surface area contributed by atoms with E-state index in [0.717, 1.165) is 12.1 Å². The Morgan fingerprint density at radius 2 is 2.22 bits per heavy atom. The second-order valence-corrected chi connectivity index (χ2v) is 4.74. The number of aryl methyl sites for hydroxylation is 2. The molecule has 0 radical (unpaired) electrons. The number of nitrogens with one attached hydrogen (secondary N) is 2. The maximum Gasteiger partial charge on any atom is 0.242 e. The predicted molar refractivity (Wildman–Crippen MR) is 74.8 cm³/mol. The van der Waals surface area contributed by atoms with Crippen molar-refractivity contribution in [3.05, 3.63) is 42.0 Å². The van der Waals surface area contributed by atoms with Gasteiger partial charge in [-0.05, 0) is 49.4 Å². The maximum atomic E-state index is 11.7. The molecule has 1 aromatic rings. The third kappa shape index (κ3) is 2.92. The Bertz CT molecular complexity index is 454. The highest BCUT2D eigenvalue weighted by Crippen LogP contribution is 2.25. The molecule has 1 amide bonds. The van der Waals surface area contributed by atoms with Gasteiger partial charge in [0.05, 0.1) is 0 Å². The van der Waals surface area contributed by atoms with Crippen LogP contribution in [-0.4, -0.2) is 18.5 Å². The lowest BCUT2D eigenvalue weighted by Crippen LogP contribution is -2.37. The minimum Gasteiger partial charge on any atom is -0.374 e.